The van der Waals surface area contributed by atoms with Crippen LogP contribution in [0.25, 0.3) is 0 Å². The molecule has 1 nitrogen and oxygen atoms in total. The predicted octanol–water partition coefficient (Wildman–Crippen LogP) is 3.73. The van der Waals surface area contributed by atoms with Crippen molar-refractivity contribution in [1.82, 2.24) is 0 Å². The van der Waals surface area contributed by atoms with Crippen LogP contribution in [0.2, 0.25) is 0 Å². The number of hydrogen-bond donors (Lipinski definition) is 0. The Morgan fingerprint density at radius 3 is 2.43 bits per heavy atom. The maximum Gasteiger partial charge on any atom is 0.119 e. The van der Waals surface area contributed by atoms with Crippen LogP contribution in [0.3, 0.4) is 0 Å². The van der Waals surface area contributed by atoms with Gasteiger partial charge in [0.05, 0.1) is 0 Å². The molecule has 0 saturated carbocycles. The van der Waals surface area contributed by atoms with E-state index < -0.39 is 0 Å². The quantitative estimate of drug-likeness (QED) is 0.657. The molecule has 0 aliphatic rings. The average molecular weight is 190 g/mol. The van der Waals surface area contributed by atoms with Crippen LogP contribution in [-0.2, 0) is 0 Å². The Bertz CT molecular complexity index is 296. The summed E-state index contributed by atoms with van der Waals surface area (Å²) >= 11 is 0. The number of hydrogen-bond acceptors (Lipinski definition) is 1. The topological polar surface area (TPSA) is 9.23 Å². The Kier molecular flexibility index (Phi) is 4.24. The largest absolute Gasteiger partial charge is 0.489 e. The summed E-state index contributed by atoms with van der Waals surface area (Å²) in [5.41, 5.74) is 2.60. The van der Waals surface area contributed by atoms with Crippen molar-refractivity contribution in [2.45, 2.75) is 27.2 Å². The molecule has 0 heterocycles. The Balaban J connectivity index is 2.49. The van der Waals surface area contributed by atoms with E-state index in [-0.39, 0.29) is 0 Å². The molecule has 76 valence electrons. The molecular formula is C13H18O. The minimum Gasteiger partial charge on any atom is -0.489 e. The normalized spacial score (nSPS) is 11.5. The van der Waals surface area contributed by atoms with Gasteiger partial charge in [-0.2, -0.15) is 0 Å². The summed E-state index contributed by atoms with van der Waals surface area (Å²) in [5, 5.41) is 0. The molecule has 0 bridgehead atoms. The summed E-state index contributed by atoms with van der Waals surface area (Å²) in [6.07, 6.45) is 3.18. The molecule has 0 N–H and O–H groups in total. The second kappa shape index (κ2) is 5.48. The maximum atomic E-state index is 5.64. The summed E-state index contributed by atoms with van der Waals surface area (Å²) in [6, 6.07) is 8.16. The van der Waals surface area contributed by atoms with Crippen LogP contribution in [0.1, 0.15) is 25.8 Å². The molecule has 0 unspecified atom stereocenters. The van der Waals surface area contributed by atoms with E-state index in [1.54, 1.807) is 0 Å². The van der Waals surface area contributed by atoms with Crippen molar-refractivity contribution in [3.05, 3.63) is 41.5 Å². The number of rotatable bonds is 4. The highest BCUT2D eigenvalue weighted by Crippen LogP contribution is 2.13. The van der Waals surface area contributed by atoms with Crippen molar-refractivity contribution >= 4 is 0 Å². The highest BCUT2D eigenvalue weighted by Gasteiger charge is 1.95. The monoisotopic (exact) mass is 190 g/mol. The van der Waals surface area contributed by atoms with E-state index in [0.29, 0.717) is 6.61 Å². The van der Waals surface area contributed by atoms with Crippen molar-refractivity contribution < 1.29 is 4.74 Å². The van der Waals surface area contributed by atoms with E-state index in [9.17, 15) is 0 Å². The van der Waals surface area contributed by atoms with Gasteiger partial charge in [-0.25, -0.2) is 0 Å². The first-order chi connectivity index (χ1) is 6.76. The summed E-state index contributed by atoms with van der Waals surface area (Å²) < 4.78 is 5.64. The number of ether oxygens (including phenoxy) is 1. The fraction of sp³-hybridized carbons (Fsp3) is 0.385. The minimum atomic E-state index is 0.704. The number of benzene rings is 1. The summed E-state index contributed by atoms with van der Waals surface area (Å²) in [6.45, 7) is 6.98. The molecule has 0 amide bonds. The SMILES string of the molecule is C/C=C(\CC)COc1ccc(C)cc1. The molecule has 0 aliphatic carbocycles. The molecule has 0 atom stereocenters. The van der Waals surface area contributed by atoms with Crippen molar-refractivity contribution in [2.75, 3.05) is 6.61 Å². The Morgan fingerprint density at radius 2 is 1.93 bits per heavy atom. The van der Waals surface area contributed by atoms with Gasteiger partial charge in [-0.05, 0) is 38.0 Å². The van der Waals surface area contributed by atoms with Gasteiger partial charge in [-0.1, -0.05) is 30.7 Å². The van der Waals surface area contributed by atoms with Crippen molar-refractivity contribution in [2.24, 2.45) is 0 Å². The van der Waals surface area contributed by atoms with E-state index in [0.717, 1.165) is 12.2 Å². The van der Waals surface area contributed by atoms with Crippen LogP contribution in [0, 0.1) is 6.92 Å². The van der Waals surface area contributed by atoms with E-state index in [2.05, 4.69) is 39.0 Å². The van der Waals surface area contributed by atoms with Crippen molar-refractivity contribution in [1.29, 1.82) is 0 Å². The zero-order valence-electron chi connectivity index (χ0n) is 9.21. The molecule has 1 aromatic rings. The molecule has 0 saturated heterocycles. The van der Waals surface area contributed by atoms with Gasteiger partial charge in [0.2, 0.25) is 0 Å². The maximum absolute atomic E-state index is 5.64. The highest BCUT2D eigenvalue weighted by molar-refractivity contribution is 5.26. The van der Waals surface area contributed by atoms with Crippen LogP contribution in [-0.4, -0.2) is 6.61 Å². The fourth-order valence-corrected chi connectivity index (χ4v) is 1.20. The van der Waals surface area contributed by atoms with Gasteiger partial charge in [0.15, 0.2) is 0 Å². The first-order valence-corrected chi connectivity index (χ1v) is 5.09. The van der Waals surface area contributed by atoms with Gasteiger partial charge in [0.1, 0.15) is 12.4 Å². The lowest BCUT2D eigenvalue weighted by atomic mass is 10.2. The molecular weight excluding hydrogens is 172 g/mol. The predicted molar refractivity (Wildman–Crippen MR) is 60.7 cm³/mol. The van der Waals surface area contributed by atoms with Gasteiger partial charge in [0, 0.05) is 0 Å². The second-order valence-electron chi connectivity index (χ2n) is 3.40. The molecule has 0 aromatic heterocycles. The second-order valence-corrected chi connectivity index (χ2v) is 3.40. The lowest BCUT2D eigenvalue weighted by Gasteiger charge is -2.07. The molecule has 14 heavy (non-hydrogen) atoms. The van der Waals surface area contributed by atoms with Crippen molar-refractivity contribution in [3.63, 3.8) is 0 Å². The zero-order chi connectivity index (χ0) is 10.4. The fourth-order valence-electron chi connectivity index (χ4n) is 1.20. The summed E-state index contributed by atoms with van der Waals surface area (Å²) in [5.74, 6) is 0.948. The minimum absolute atomic E-state index is 0.704. The highest BCUT2D eigenvalue weighted by atomic mass is 16.5. The Morgan fingerprint density at radius 1 is 1.29 bits per heavy atom. The van der Waals surface area contributed by atoms with E-state index in [1.807, 2.05) is 12.1 Å². The summed E-state index contributed by atoms with van der Waals surface area (Å²) in [7, 11) is 0. The molecule has 1 aromatic carbocycles. The lowest BCUT2D eigenvalue weighted by molar-refractivity contribution is 0.348. The van der Waals surface area contributed by atoms with Crippen molar-refractivity contribution in [3.8, 4) is 5.75 Å². The smallest absolute Gasteiger partial charge is 0.119 e. The van der Waals surface area contributed by atoms with Crippen LogP contribution < -0.4 is 4.74 Å². The van der Waals surface area contributed by atoms with Gasteiger partial charge in [0.25, 0.3) is 0 Å². The Labute approximate surface area is 86.4 Å². The van der Waals surface area contributed by atoms with Gasteiger partial charge >= 0.3 is 0 Å². The van der Waals surface area contributed by atoms with Crippen LogP contribution in [0.15, 0.2) is 35.9 Å². The standard InChI is InChI=1S/C13H18O/c1-4-12(5-2)10-14-13-8-6-11(3)7-9-13/h4,6-9H,5,10H2,1-3H3/b12-4+. The van der Waals surface area contributed by atoms with Crippen LogP contribution in [0.5, 0.6) is 5.75 Å². The molecule has 0 fully saturated rings. The first kappa shape index (κ1) is 10.8. The van der Waals surface area contributed by atoms with Gasteiger partial charge in [-0.15, -0.1) is 0 Å². The lowest BCUT2D eigenvalue weighted by Crippen LogP contribution is -2.00. The third-order valence-corrected chi connectivity index (χ3v) is 2.31. The molecule has 0 radical (unpaired) electrons. The van der Waals surface area contributed by atoms with E-state index >= 15 is 0 Å². The van der Waals surface area contributed by atoms with Crippen LogP contribution in [0.4, 0.5) is 0 Å². The summed E-state index contributed by atoms with van der Waals surface area (Å²) in [4.78, 5) is 0. The van der Waals surface area contributed by atoms with E-state index in [4.69, 9.17) is 4.74 Å². The Hall–Kier alpha value is -1.24. The van der Waals surface area contributed by atoms with E-state index in [1.165, 1.54) is 11.1 Å². The zero-order valence-corrected chi connectivity index (χ0v) is 9.21. The van der Waals surface area contributed by atoms with Crippen LogP contribution >= 0.6 is 0 Å². The third kappa shape index (κ3) is 3.25. The van der Waals surface area contributed by atoms with Gasteiger partial charge < -0.3 is 4.74 Å². The molecule has 0 spiro atoms. The number of allylic oxidation sites excluding steroid dienone is 1. The first-order valence-electron chi connectivity index (χ1n) is 5.09. The average Bonchev–Trinajstić information content (AvgIpc) is 2.22. The molecule has 1 rings (SSSR count). The third-order valence-electron chi connectivity index (χ3n) is 2.31. The molecule has 1 heteroatoms. The molecule has 0 aliphatic heterocycles. The van der Waals surface area contributed by atoms with Gasteiger partial charge in [-0.3, -0.25) is 0 Å². The number of aryl methyl sites for hydroxylation is 1.